The zero-order valence-corrected chi connectivity index (χ0v) is 71.2. The highest BCUT2D eigenvalue weighted by molar-refractivity contribution is 5.56. The number of rotatable bonds is 12. The van der Waals surface area contributed by atoms with E-state index in [1.165, 1.54) is 214 Å². The molecule has 24 rings (SSSR count). The largest absolute Gasteiger partial charge is 0.0622 e. The van der Waals surface area contributed by atoms with Crippen LogP contribution >= 0.6 is 0 Å². The van der Waals surface area contributed by atoms with E-state index in [0.29, 0.717) is 21.7 Å². The Morgan fingerprint density at radius 1 is 0.167 bits per heavy atom. The summed E-state index contributed by atoms with van der Waals surface area (Å²) in [6.45, 7) is 27.2. The molecule has 0 saturated heterocycles. The summed E-state index contributed by atoms with van der Waals surface area (Å²) in [5.74, 6) is 0.899. The maximum atomic E-state index is 2.57. The van der Waals surface area contributed by atoms with Crippen molar-refractivity contribution in [3.05, 3.63) is 389 Å². The standard InChI is InChI=1S/C42H48.C38H40.C34H38/c1-27-9-13-35(17-31(27)5)39-21-40(36-14-10-28(2)32(6)18-36)24-41(22-39,37-15-11-29(3)33(7)19-37)26-42(23-39,25-40)38-16-12-30(4)34(8)20-38;1-27-5-13-31(14-6-27)35-21-36(32-15-7-28(2)8-16-32)24-37(22-35,33-17-9-29(3)10-18-33)26-38(23-35,25-36)34-19-11-30(4)12-20-34;1-5-13-27(14-6-1)31-21-32(28-15-7-2-8-16-28)24-33(22-31,29-17-9-3-10-18-29)26-34(23-31,25-32)30-19-11-4-12-20-30/h9-20H,21-26H2,1-8H3;5-20H,21-26H2,1-4H3;1-3,5-10,13-18,30H,4,11-12,19-26H2. The van der Waals surface area contributed by atoms with Gasteiger partial charge in [-0.25, -0.2) is 0 Å². The molecule has 11 aromatic carbocycles. The normalized spacial score (nSPS) is 32.5. The fraction of sp³-hybridized carbons (Fsp3) is 0.421. The monoisotopic (exact) mass is 1490 g/mol. The lowest BCUT2D eigenvalue weighted by atomic mass is 9.31. The summed E-state index contributed by atoms with van der Waals surface area (Å²) in [4.78, 5) is 0. The zero-order valence-electron chi connectivity index (χ0n) is 71.2. The third-order valence-electron chi connectivity index (χ3n) is 34.0. The molecule has 582 valence electrons. The fourth-order valence-electron chi connectivity index (χ4n) is 29.8. The van der Waals surface area contributed by atoms with E-state index in [4.69, 9.17) is 0 Å². The molecule has 11 aromatic rings. The molecule has 0 spiro atoms. The number of hydrogen-bond donors (Lipinski definition) is 0. The molecule has 13 fully saturated rings. The van der Waals surface area contributed by atoms with Crippen molar-refractivity contribution in [2.45, 2.75) is 290 Å². The number of benzene rings is 11. The van der Waals surface area contributed by atoms with E-state index in [0.717, 1.165) is 5.92 Å². The molecule has 0 heterocycles. The van der Waals surface area contributed by atoms with Gasteiger partial charge in [0.2, 0.25) is 0 Å². The van der Waals surface area contributed by atoms with Gasteiger partial charge < -0.3 is 0 Å². The molecule has 0 amide bonds. The average Bonchev–Trinajstić information content (AvgIpc) is 0.674. The lowest BCUT2D eigenvalue weighted by Gasteiger charge is -2.73. The first-order valence-electron chi connectivity index (χ1n) is 44.6. The summed E-state index contributed by atoms with van der Waals surface area (Å²) < 4.78 is 0. The van der Waals surface area contributed by atoms with Crippen LogP contribution in [0.3, 0.4) is 0 Å². The second-order valence-electron chi connectivity index (χ2n) is 41.7. The van der Waals surface area contributed by atoms with Gasteiger partial charge in [-0.1, -0.05) is 302 Å². The Balaban J connectivity index is 0.000000115. The Hall–Kier alpha value is -8.58. The molecule has 0 heteroatoms. The van der Waals surface area contributed by atoms with Crippen molar-refractivity contribution in [2.24, 2.45) is 11.3 Å². The Morgan fingerprint density at radius 2 is 0.342 bits per heavy atom. The van der Waals surface area contributed by atoms with E-state index in [9.17, 15) is 0 Å². The van der Waals surface area contributed by atoms with Gasteiger partial charge in [0.05, 0.1) is 0 Å². The van der Waals surface area contributed by atoms with E-state index < -0.39 is 0 Å². The van der Waals surface area contributed by atoms with Crippen LogP contribution in [0, 0.1) is 94.4 Å². The van der Waals surface area contributed by atoms with Gasteiger partial charge in [-0.2, -0.15) is 0 Å². The molecular formula is C114H126. The first-order valence-corrected chi connectivity index (χ1v) is 44.6. The molecular weight excluding hydrogens is 1370 g/mol. The maximum absolute atomic E-state index is 2.57. The summed E-state index contributed by atoms with van der Waals surface area (Å²) in [6, 6.07) is 104. The number of hydrogen-bond acceptors (Lipinski definition) is 0. The van der Waals surface area contributed by atoms with Crippen molar-refractivity contribution in [3.63, 3.8) is 0 Å². The topological polar surface area (TPSA) is 0 Å². The minimum absolute atomic E-state index is 0.142. The van der Waals surface area contributed by atoms with E-state index in [2.05, 4.69) is 344 Å². The summed E-state index contributed by atoms with van der Waals surface area (Å²) >= 11 is 0. The van der Waals surface area contributed by atoms with E-state index in [1.807, 2.05) is 0 Å². The van der Waals surface area contributed by atoms with Crippen LogP contribution < -0.4 is 0 Å². The van der Waals surface area contributed by atoms with Gasteiger partial charge in [-0.05, 0) is 388 Å². The second-order valence-corrected chi connectivity index (χ2v) is 41.7. The first kappa shape index (κ1) is 75.5. The Morgan fingerprint density at radius 3 is 0.544 bits per heavy atom. The summed E-state index contributed by atoms with van der Waals surface area (Å²) in [6.07, 6.45) is 30.6. The van der Waals surface area contributed by atoms with Gasteiger partial charge in [0.1, 0.15) is 0 Å². The average molecular weight is 1500 g/mol. The SMILES string of the molecule is Cc1ccc(C23CC4(c5ccc(C)c(C)c5)CC(c5ccc(C)c(C)c5)(C2)CC(c2ccc(C)c(C)c2)(C3)C4)cc1C.Cc1ccc(C23CC4(c5ccc(C)cc5)CC(c5ccc(C)cc5)(C2)CC(c2ccc(C)cc2)(C3)C4)cc1.c1ccc(C23CC4(c5ccccc5)CC(c5ccccc5)(C2)CC(C2CCCCC2)(C3)C4)cc1. The molecule has 0 nitrogen and oxygen atoms in total. The maximum Gasteiger partial charge on any atom is -0.00214 e. The van der Waals surface area contributed by atoms with Crippen molar-refractivity contribution in [3.8, 4) is 0 Å². The quantitative estimate of drug-likeness (QED) is 0.114. The molecule has 0 unspecified atom stereocenters. The van der Waals surface area contributed by atoms with E-state index >= 15 is 0 Å². The van der Waals surface area contributed by atoms with Crippen molar-refractivity contribution >= 4 is 0 Å². The molecule has 0 atom stereocenters. The van der Waals surface area contributed by atoms with E-state index in [-0.39, 0.29) is 43.3 Å². The van der Waals surface area contributed by atoms with Gasteiger partial charge in [-0.3, -0.25) is 0 Å². The van der Waals surface area contributed by atoms with Gasteiger partial charge in [-0.15, -0.1) is 0 Å². The fourth-order valence-corrected chi connectivity index (χ4v) is 29.8. The lowest BCUT2D eigenvalue weighted by molar-refractivity contribution is -0.140. The molecule has 114 heavy (non-hydrogen) atoms. The molecule has 0 aliphatic heterocycles. The van der Waals surface area contributed by atoms with Crippen LogP contribution in [0.25, 0.3) is 0 Å². The van der Waals surface area contributed by atoms with Gasteiger partial charge in [0.15, 0.2) is 0 Å². The van der Waals surface area contributed by atoms with Gasteiger partial charge >= 0.3 is 0 Å². The van der Waals surface area contributed by atoms with Gasteiger partial charge in [0, 0.05) is 0 Å². The molecule has 0 N–H and O–H groups in total. The molecule has 13 aliphatic carbocycles. The van der Waals surface area contributed by atoms with Crippen LogP contribution in [0.4, 0.5) is 0 Å². The third-order valence-corrected chi connectivity index (χ3v) is 34.0. The Labute approximate surface area is 685 Å². The van der Waals surface area contributed by atoms with Crippen LogP contribution in [0.1, 0.15) is 276 Å². The predicted octanol–water partition coefficient (Wildman–Crippen LogP) is 28.7. The summed E-state index contributed by atoms with van der Waals surface area (Å²) in [7, 11) is 0. The van der Waals surface area contributed by atoms with Crippen molar-refractivity contribution in [2.75, 3.05) is 0 Å². The van der Waals surface area contributed by atoms with E-state index in [1.54, 1.807) is 61.2 Å². The summed E-state index contributed by atoms with van der Waals surface area (Å²) in [5.41, 5.74) is 36.8. The Kier molecular flexibility index (Phi) is 18.2. The zero-order chi connectivity index (χ0) is 78.5. The minimum atomic E-state index is 0.142. The molecule has 13 saturated carbocycles. The van der Waals surface area contributed by atoms with Crippen LogP contribution in [0.2, 0.25) is 0 Å². The molecule has 12 bridgehead atoms. The smallest absolute Gasteiger partial charge is 0.00214 e. The summed E-state index contributed by atoms with van der Waals surface area (Å²) in [5, 5.41) is 0. The predicted molar refractivity (Wildman–Crippen MR) is 478 cm³/mol. The molecule has 0 aromatic heterocycles. The Bertz CT molecular complexity index is 4700. The van der Waals surface area contributed by atoms with Crippen LogP contribution in [0.15, 0.2) is 261 Å². The van der Waals surface area contributed by atoms with Crippen molar-refractivity contribution in [1.82, 2.24) is 0 Å². The van der Waals surface area contributed by atoms with Crippen LogP contribution in [-0.2, 0) is 59.6 Å². The first-order chi connectivity index (χ1) is 54.8. The third kappa shape index (κ3) is 12.4. The number of aryl methyl sites for hydroxylation is 12. The highest BCUT2D eigenvalue weighted by atomic mass is 14.8. The second kappa shape index (κ2) is 27.5. The minimum Gasteiger partial charge on any atom is -0.0622 e. The van der Waals surface area contributed by atoms with Crippen LogP contribution in [-0.4, -0.2) is 0 Å². The van der Waals surface area contributed by atoms with Crippen molar-refractivity contribution < 1.29 is 0 Å². The van der Waals surface area contributed by atoms with Crippen molar-refractivity contribution in [1.29, 1.82) is 0 Å². The van der Waals surface area contributed by atoms with Gasteiger partial charge in [0.25, 0.3) is 0 Å². The van der Waals surface area contributed by atoms with Crippen LogP contribution in [0.5, 0.6) is 0 Å². The highest BCUT2D eigenvalue weighted by Gasteiger charge is 2.73. The highest BCUT2D eigenvalue weighted by Crippen LogP contribution is 2.79. The molecule has 0 radical (unpaired) electrons. The lowest BCUT2D eigenvalue weighted by Crippen LogP contribution is -2.67. The molecule has 13 aliphatic rings.